The van der Waals surface area contributed by atoms with Gasteiger partial charge in [0.1, 0.15) is 4.83 Å². The summed E-state index contributed by atoms with van der Waals surface area (Å²) in [7, 11) is 0. The molecule has 0 saturated carbocycles. The van der Waals surface area contributed by atoms with Crippen molar-refractivity contribution in [2.45, 2.75) is 19.8 Å². The summed E-state index contributed by atoms with van der Waals surface area (Å²) in [6.07, 6.45) is 1.65. The Bertz CT molecular complexity index is 3010. The monoisotopic (exact) mass is 944 g/mol. The summed E-state index contributed by atoms with van der Waals surface area (Å²) in [5.41, 5.74) is 11.5. The number of rotatable bonds is 7. The van der Waals surface area contributed by atoms with E-state index in [2.05, 4.69) is 171 Å². The molecule has 0 spiro atoms. The summed E-state index contributed by atoms with van der Waals surface area (Å²) >= 11 is 1.75. The fourth-order valence-electron chi connectivity index (χ4n) is 8.07. The quantitative estimate of drug-likeness (QED) is 0.118. The third kappa shape index (κ3) is 6.39. The first kappa shape index (κ1) is 35.3. The molecule has 10 rings (SSSR count). The summed E-state index contributed by atoms with van der Waals surface area (Å²) in [4.78, 5) is 12.0. The van der Waals surface area contributed by atoms with E-state index in [-0.39, 0.29) is 31.1 Å². The minimum absolute atomic E-state index is 0. The van der Waals surface area contributed by atoms with Crippen LogP contribution in [0.1, 0.15) is 23.6 Å². The molecule has 2 nitrogen and oxygen atoms in total. The van der Waals surface area contributed by atoms with E-state index in [9.17, 15) is 0 Å². The van der Waals surface area contributed by atoms with Crippen LogP contribution in [0.4, 0.5) is 0 Å². The van der Waals surface area contributed by atoms with Crippen molar-refractivity contribution in [1.29, 1.82) is 0 Å². The van der Waals surface area contributed by atoms with Gasteiger partial charge in [-0.25, -0.2) is 21.1 Å². The van der Waals surface area contributed by atoms with Crippen molar-refractivity contribution in [3.63, 3.8) is 0 Å². The normalized spacial score (nSPS) is 11.4. The summed E-state index contributed by atoms with van der Waals surface area (Å²) in [5.74, 6) is 0.749. The van der Waals surface area contributed by atoms with E-state index in [0.29, 0.717) is 0 Å². The van der Waals surface area contributed by atoms with Crippen molar-refractivity contribution in [3.8, 4) is 44.9 Å². The molecular weight excluding hydrogens is 911 g/mol. The van der Waals surface area contributed by atoms with E-state index in [1.165, 1.54) is 54.1 Å². The minimum Gasteiger partial charge on any atom is -0.227 e. The van der Waals surface area contributed by atoms with Crippen LogP contribution < -0.4 is 0 Å². The maximum absolute atomic E-state index is 5.60. The van der Waals surface area contributed by atoms with Gasteiger partial charge in [0.05, 0.1) is 5.69 Å². The van der Waals surface area contributed by atoms with Crippen LogP contribution in [-0.4, -0.2) is 9.97 Å². The smallest absolute Gasteiger partial charge is 0.227 e. The first-order valence-electron chi connectivity index (χ1n) is 18.5. The van der Waals surface area contributed by atoms with Gasteiger partial charge in [-0.15, -0.1) is 28.5 Å². The topological polar surface area (TPSA) is 25.8 Å². The Labute approximate surface area is 348 Å². The Kier molecular flexibility index (Phi) is 9.67. The number of aromatic nitrogens is 2. The Morgan fingerprint density at radius 3 is 2.11 bits per heavy atom. The number of thiophene rings is 1. The van der Waals surface area contributed by atoms with Crippen LogP contribution in [0.3, 0.4) is 0 Å². The molecule has 0 aliphatic carbocycles. The zero-order valence-electron chi connectivity index (χ0n) is 30.3. The molecular formula is C51H34N2SU. The predicted molar refractivity (Wildman–Crippen MR) is 228 cm³/mol. The van der Waals surface area contributed by atoms with Gasteiger partial charge in [-0.2, -0.15) is 42.5 Å². The second-order valence-electron chi connectivity index (χ2n) is 13.8. The van der Waals surface area contributed by atoms with Gasteiger partial charge in [-0.3, -0.25) is 0 Å². The number of fused-ring (bicyclic) bond motifs is 6. The fraction of sp³-hybridized carbons (Fsp3) is 0.0588. The van der Waals surface area contributed by atoms with Crippen molar-refractivity contribution < 1.29 is 31.1 Å². The maximum atomic E-state index is 5.60. The van der Waals surface area contributed by atoms with Gasteiger partial charge < -0.3 is 0 Å². The van der Waals surface area contributed by atoms with Crippen molar-refractivity contribution in [1.82, 2.24) is 9.97 Å². The number of hydrogen-bond donors (Lipinski definition) is 0. The molecule has 0 atom stereocenters. The van der Waals surface area contributed by atoms with Gasteiger partial charge in [0.25, 0.3) is 0 Å². The van der Waals surface area contributed by atoms with Crippen molar-refractivity contribution in [3.05, 3.63) is 193 Å². The molecule has 258 valence electrons. The van der Waals surface area contributed by atoms with Gasteiger partial charge in [0.2, 0.25) is 0 Å². The Hall–Kier alpha value is -5.37. The van der Waals surface area contributed by atoms with E-state index in [1.54, 1.807) is 11.3 Å². The number of hydrogen-bond acceptors (Lipinski definition) is 3. The van der Waals surface area contributed by atoms with Crippen molar-refractivity contribution >= 4 is 53.2 Å². The largest absolute Gasteiger partial charge is 2.00 e. The van der Waals surface area contributed by atoms with Gasteiger partial charge in [0, 0.05) is 26.6 Å². The summed E-state index contributed by atoms with van der Waals surface area (Å²) in [6, 6.07) is 65.4. The Morgan fingerprint density at radius 2 is 1.29 bits per heavy atom. The molecule has 0 saturated heterocycles. The molecule has 0 fully saturated rings. The Balaban J connectivity index is 0.00000397. The number of nitrogens with zero attached hydrogens (tertiary/aromatic N) is 2. The molecule has 0 aliphatic rings. The standard InChI is InChI=1S/C51H34N2S.U/c1-2-38-40(45-31-35(34-18-7-4-8-19-34)28-29-37(45)30-33-16-5-3-6-17-33)25-15-26-43(38)49-48-44-24-13-14-27-47(44)54-51(48)53-50(52-49)46-32-36-20-9-10-21-39(36)41-22-11-12-23-42(41)46;/h3-18,20-27,29,31-32H,2,30H2,1H3;/q-2;+2. The second kappa shape index (κ2) is 15.0. The number of benzene rings is 8. The molecule has 0 amide bonds. The predicted octanol–water partition coefficient (Wildman–Crippen LogP) is 13.6. The Morgan fingerprint density at radius 1 is 0.564 bits per heavy atom. The summed E-state index contributed by atoms with van der Waals surface area (Å²) < 4.78 is 1.21. The van der Waals surface area contributed by atoms with E-state index in [0.717, 1.165) is 62.2 Å². The average molecular weight is 945 g/mol. The molecule has 2 aromatic heterocycles. The molecule has 0 bridgehead atoms. The van der Waals surface area contributed by atoms with Crippen molar-refractivity contribution in [2.75, 3.05) is 0 Å². The third-order valence-electron chi connectivity index (χ3n) is 10.6. The molecule has 0 radical (unpaired) electrons. The second-order valence-corrected chi connectivity index (χ2v) is 14.8. The van der Waals surface area contributed by atoms with Crippen LogP contribution in [0.5, 0.6) is 0 Å². The summed E-state index contributed by atoms with van der Waals surface area (Å²) in [5, 5.41) is 7.09. The SMILES string of the molecule is CCc1c(-c2cc(-c3[c-]cccc3)[c-]cc2Cc2ccccc2)cccc1-c1nc(-c2cc3ccccc3c3ccccc23)nc2sc3ccccc3c12.[U+2]. The molecule has 0 unspecified atom stereocenters. The van der Waals surface area contributed by atoms with E-state index in [4.69, 9.17) is 9.97 Å². The molecule has 2 heterocycles. The van der Waals surface area contributed by atoms with Crippen LogP contribution >= 0.6 is 11.3 Å². The van der Waals surface area contributed by atoms with Gasteiger partial charge in [0.15, 0.2) is 5.82 Å². The van der Waals surface area contributed by atoms with Crippen LogP contribution in [0, 0.1) is 43.2 Å². The minimum atomic E-state index is 0. The van der Waals surface area contributed by atoms with Crippen molar-refractivity contribution in [2.24, 2.45) is 0 Å². The molecule has 0 N–H and O–H groups in total. The first-order chi connectivity index (χ1) is 26.7. The maximum Gasteiger partial charge on any atom is 2.00 e. The first-order valence-corrected chi connectivity index (χ1v) is 19.3. The van der Waals surface area contributed by atoms with E-state index >= 15 is 0 Å². The van der Waals surface area contributed by atoms with E-state index in [1.807, 2.05) is 12.1 Å². The molecule has 55 heavy (non-hydrogen) atoms. The summed E-state index contributed by atoms with van der Waals surface area (Å²) in [6.45, 7) is 2.27. The van der Waals surface area contributed by atoms with E-state index < -0.39 is 0 Å². The molecule has 0 aliphatic heterocycles. The fourth-order valence-corrected chi connectivity index (χ4v) is 9.15. The van der Waals surface area contributed by atoms with Crippen LogP contribution in [0.25, 0.3) is 86.7 Å². The molecule has 4 heteroatoms. The van der Waals surface area contributed by atoms with Gasteiger partial charge in [-0.05, 0) is 57.6 Å². The zero-order valence-corrected chi connectivity index (χ0v) is 35.3. The molecule has 10 aromatic rings. The van der Waals surface area contributed by atoms with Crippen LogP contribution in [0.15, 0.2) is 164 Å². The molecule has 8 aromatic carbocycles. The average Bonchev–Trinajstić information content (AvgIpc) is 3.62. The zero-order chi connectivity index (χ0) is 36.0. The van der Waals surface area contributed by atoms with Gasteiger partial charge in [-0.1, -0.05) is 128 Å². The van der Waals surface area contributed by atoms with Crippen LogP contribution in [-0.2, 0) is 12.8 Å². The van der Waals surface area contributed by atoms with Crippen LogP contribution in [0.2, 0.25) is 0 Å². The third-order valence-corrected chi connectivity index (χ3v) is 11.7. The van der Waals surface area contributed by atoms with Gasteiger partial charge >= 0.3 is 31.1 Å².